The van der Waals surface area contributed by atoms with Crippen LogP contribution in [0.15, 0.2) is 30.6 Å². The average Bonchev–Trinajstić information content (AvgIpc) is 3.55. The summed E-state index contributed by atoms with van der Waals surface area (Å²) < 4.78 is 40.3. The zero-order valence-corrected chi connectivity index (χ0v) is 23.1. The number of esters is 1. The number of nitrogens with zero attached hydrogens (tertiary/aromatic N) is 5. The summed E-state index contributed by atoms with van der Waals surface area (Å²) in [4.78, 5) is 25.4. The predicted molar refractivity (Wildman–Crippen MR) is 142 cm³/mol. The summed E-state index contributed by atoms with van der Waals surface area (Å²) >= 11 is 5.99. The average molecular weight is 567 g/mol. The second-order valence-corrected chi connectivity index (χ2v) is 11.3. The maximum Gasteiger partial charge on any atom is 0.345 e. The number of fused-ring (bicyclic) bond motifs is 1. The van der Waals surface area contributed by atoms with Gasteiger partial charge in [-0.3, -0.25) is 9.36 Å². The van der Waals surface area contributed by atoms with Crippen LogP contribution in [0.1, 0.15) is 33.1 Å². The van der Waals surface area contributed by atoms with Crippen molar-refractivity contribution in [1.82, 2.24) is 24.2 Å². The van der Waals surface area contributed by atoms with Crippen molar-refractivity contribution in [3.05, 3.63) is 35.6 Å². The van der Waals surface area contributed by atoms with Crippen LogP contribution >= 0.6 is 19.1 Å². The Labute approximate surface area is 225 Å². The zero-order chi connectivity index (χ0) is 27.1. The topological polar surface area (TPSA) is 144 Å². The molecule has 1 aliphatic rings. The molecule has 1 aliphatic heterocycles. The first kappa shape index (κ1) is 28.1. The summed E-state index contributed by atoms with van der Waals surface area (Å²) in [5.41, 5.74) is 6.88. The van der Waals surface area contributed by atoms with Crippen molar-refractivity contribution in [2.45, 2.75) is 45.7 Å². The standard InChI is InChI=1S/C24H32ClN6O6P/c1-3-13-36-22-20-21(28-24(26)29-22)30(15-27-20)12-14-34-16-38(33,37-18-9-7-17(25)8-10-18)31-11-5-6-19(31)23(32)35-4-2/h7-10,15,19H,3-6,11-14,16H2,1-2H3,(H2,26,28,29)/t19-,38?/m0/s1. The number of carbonyl (C=O) groups excluding carboxylic acids is 1. The first-order valence-electron chi connectivity index (χ1n) is 12.5. The normalized spacial score (nSPS) is 17.4. The molecule has 0 spiro atoms. The van der Waals surface area contributed by atoms with Crippen LogP contribution < -0.4 is 15.0 Å². The van der Waals surface area contributed by atoms with E-state index < -0.39 is 19.5 Å². The molecule has 0 aliphatic carbocycles. The number of aromatic nitrogens is 4. The van der Waals surface area contributed by atoms with Crippen LogP contribution in [0.2, 0.25) is 5.02 Å². The van der Waals surface area contributed by atoms with Gasteiger partial charge in [0.25, 0.3) is 0 Å². The number of halogens is 1. The molecule has 0 bridgehead atoms. The van der Waals surface area contributed by atoms with Crippen molar-refractivity contribution in [2.24, 2.45) is 0 Å². The fourth-order valence-corrected chi connectivity index (χ4v) is 6.47. The van der Waals surface area contributed by atoms with Gasteiger partial charge in [0.2, 0.25) is 11.8 Å². The quantitative estimate of drug-likeness (QED) is 0.181. The summed E-state index contributed by atoms with van der Waals surface area (Å²) in [5.74, 6) is 0.344. The van der Waals surface area contributed by atoms with E-state index in [1.807, 2.05) is 6.92 Å². The van der Waals surface area contributed by atoms with Crippen molar-refractivity contribution in [3.63, 3.8) is 0 Å². The molecular weight excluding hydrogens is 535 g/mol. The molecule has 3 aromatic rings. The molecule has 1 saturated heterocycles. The molecular formula is C24H32ClN6O6P. The molecule has 1 fully saturated rings. The third kappa shape index (κ3) is 6.55. The Balaban J connectivity index is 1.48. The number of carbonyl (C=O) groups is 1. The highest BCUT2D eigenvalue weighted by molar-refractivity contribution is 7.56. The molecule has 0 radical (unpaired) electrons. The van der Waals surface area contributed by atoms with Crippen LogP contribution in [-0.2, 0) is 25.4 Å². The van der Waals surface area contributed by atoms with E-state index in [1.165, 1.54) is 0 Å². The number of ether oxygens (including phenoxy) is 3. The third-order valence-electron chi connectivity index (χ3n) is 5.86. The van der Waals surface area contributed by atoms with Crippen LogP contribution in [0.5, 0.6) is 11.6 Å². The summed E-state index contributed by atoms with van der Waals surface area (Å²) in [5, 5.41) is 0.522. The van der Waals surface area contributed by atoms with E-state index >= 15 is 0 Å². The maximum atomic E-state index is 14.2. The minimum Gasteiger partial charge on any atom is -0.476 e. The van der Waals surface area contributed by atoms with E-state index in [0.29, 0.717) is 60.4 Å². The number of rotatable bonds is 13. The Kier molecular flexibility index (Phi) is 9.43. The first-order valence-corrected chi connectivity index (χ1v) is 14.7. The van der Waals surface area contributed by atoms with Gasteiger partial charge in [0.1, 0.15) is 18.1 Å². The molecule has 14 heteroatoms. The Hall–Kier alpha value is -2.92. The van der Waals surface area contributed by atoms with Gasteiger partial charge in [0.05, 0.1) is 26.1 Å². The lowest BCUT2D eigenvalue weighted by molar-refractivity contribution is -0.147. The summed E-state index contributed by atoms with van der Waals surface area (Å²) in [6, 6.07) is 5.88. The number of anilines is 1. The molecule has 38 heavy (non-hydrogen) atoms. The molecule has 206 valence electrons. The molecule has 0 amide bonds. The molecule has 2 aromatic heterocycles. The number of benzene rings is 1. The number of hydrogen-bond donors (Lipinski definition) is 1. The van der Waals surface area contributed by atoms with Crippen LogP contribution in [0, 0.1) is 0 Å². The summed E-state index contributed by atoms with van der Waals surface area (Å²) in [6.45, 7) is 5.38. The van der Waals surface area contributed by atoms with Crippen molar-refractivity contribution in [3.8, 4) is 11.6 Å². The van der Waals surface area contributed by atoms with Gasteiger partial charge in [-0.25, -0.2) is 9.65 Å². The number of nitrogens with two attached hydrogens (primary N) is 1. The van der Waals surface area contributed by atoms with Crippen LogP contribution in [0.4, 0.5) is 5.95 Å². The first-order chi connectivity index (χ1) is 18.3. The molecule has 0 saturated carbocycles. The molecule has 1 unspecified atom stereocenters. The van der Waals surface area contributed by atoms with Crippen LogP contribution in [-0.4, -0.2) is 68.9 Å². The fraction of sp³-hybridized carbons (Fsp3) is 0.500. The molecule has 12 nitrogen and oxygen atoms in total. The van der Waals surface area contributed by atoms with Crippen molar-refractivity contribution in [1.29, 1.82) is 0 Å². The van der Waals surface area contributed by atoms with Gasteiger partial charge < -0.3 is 29.0 Å². The molecule has 4 rings (SSSR count). The number of nitrogen functional groups attached to an aromatic ring is 1. The Morgan fingerprint density at radius 3 is 2.74 bits per heavy atom. The monoisotopic (exact) mass is 566 g/mol. The van der Waals surface area contributed by atoms with Gasteiger partial charge in [0.15, 0.2) is 11.2 Å². The van der Waals surface area contributed by atoms with E-state index in [4.69, 9.17) is 36.1 Å². The van der Waals surface area contributed by atoms with Crippen molar-refractivity contribution in [2.75, 3.05) is 38.4 Å². The van der Waals surface area contributed by atoms with E-state index in [-0.39, 0.29) is 25.5 Å². The van der Waals surface area contributed by atoms with Gasteiger partial charge in [-0.2, -0.15) is 9.97 Å². The largest absolute Gasteiger partial charge is 0.476 e. The Morgan fingerprint density at radius 2 is 2.00 bits per heavy atom. The predicted octanol–water partition coefficient (Wildman–Crippen LogP) is 4.12. The highest BCUT2D eigenvalue weighted by Gasteiger charge is 2.45. The summed E-state index contributed by atoms with van der Waals surface area (Å²) in [6.07, 6.45) is 3.38. The molecule has 2 atom stereocenters. The summed E-state index contributed by atoms with van der Waals surface area (Å²) in [7, 11) is -3.64. The van der Waals surface area contributed by atoms with E-state index in [1.54, 1.807) is 46.8 Å². The van der Waals surface area contributed by atoms with E-state index in [2.05, 4.69) is 15.0 Å². The van der Waals surface area contributed by atoms with Gasteiger partial charge in [-0.15, -0.1) is 0 Å². The van der Waals surface area contributed by atoms with Crippen LogP contribution in [0.3, 0.4) is 0 Å². The molecule has 3 heterocycles. The molecule has 2 N–H and O–H groups in total. The minimum atomic E-state index is -3.64. The maximum absolute atomic E-state index is 14.2. The van der Waals surface area contributed by atoms with E-state index in [9.17, 15) is 9.36 Å². The van der Waals surface area contributed by atoms with Gasteiger partial charge in [-0.05, 0) is 50.5 Å². The lowest BCUT2D eigenvalue weighted by atomic mass is 10.2. The van der Waals surface area contributed by atoms with Crippen molar-refractivity contribution < 1.29 is 28.1 Å². The third-order valence-corrected chi connectivity index (χ3v) is 8.38. The van der Waals surface area contributed by atoms with Gasteiger partial charge >= 0.3 is 13.5 Å². The van der Waals surface area contributed by atoms with Crippen LogP contribution in [0.25, 0.3) is 11.2 Å². The Bertz CT molecular complexity index is 1290. The van der Waals surface area contributed by atoms with Crippen molar-refractivity contribution >= 4 is 42.2 Å². The lowest BCUT2D eigenvalue weighted by Crippen LogP contribution is -2.37. The van der Waals surface area contributed by atoms with Gasteiger partial charge in [0, 0.05) is 18.1 Å². The number of imidazole rings is 1. The van der Waals surface area contributed by atoms with Gasteiger partial charge in [-0.1, -0.05) is 18.5 Å². The molecule has 1 aromatic carbocycles. The smallest absolute Gasteiger partial charge is 0.345 e. The Morgan fingerprint density at radius 1 is 1.21 bits per heavy atom. The zero-order valence-electron chi connectivity index (χ0n) is 21.4. The second-order valence-electron chi connectivity index (χ2n) is 8.64. The highest BCUT2D eigenvalue weighted by atomic mass is 35.5. The highest BCUT2D eigenvalue weighted by Crippen LogP contribution is 2.54. The lowest BCUT2D eigenvalue weighted by Gasteiger charge is -2.31. The minimum absolute atomic E-state index is 0.0752. The number of hydrogen-bond acceptors (Lipinski definition) is 10. The fourth-order valence-electron chi connectivity index (χ4n) is 4.15. The second kappa shape index (κ2) is 12.8. The van der Waals surface area contributed by atoms with E-state index in [0.717, 1.165) is 6.42 Å². The SMILES string of the molecule is CCCOc1nc(N)nc2c1ncn2CCOCP(=O)(Oc1ccc(Cl)cc1)N1CCC[C@H]1C(=O)OCC.